The van der Waals surface area contributed by atoms with Crippen LogP contribution in [-0.2, 0) is 0 Å². The van der Waals surface area contributed by atoms with E-state index < -0.39 is 0 Å². The molecule has 380 valence electrons. The molecule has 0 saturated carbocycles. The number of carbonyl (C=O) groups is 2. The molecule has 1 aromatic heterocycles. The van der Waals surface area contributed by atoms with Gasteiger partial charge in [-0.1, -0.05) is 69.2 Å². The average Bonchev–Trinajstić information content (AvgIpc) is 4.20. The minimum Gasteiger partial charge on any atom is -0.382 e. The number of amidine groups is 1. The van der Waals surface area contributed by atoms with Gasteiger partial charge in [-0.15, -0.1) is 0 Å². The molecule has 4 fully saturated rings. The van der Waals surface area contributed by atoms with E-state index in [-0.39, 0.29) is 27.3 Å². The first-order valence-corrected chi connectivity index (χ1v) is 28.2. The third kappa shape index (κ3) is 16.8. The van der Waals surface area contributed by atoms with Crippen molar-refractivity contribution in [2.45, 2.75) is 70.4 Å². The number of hydrogen-bond donors (Lipinski definition) is 4. The molecule has 71 heavy (non-hydrogen) atoms. The van der Waals surface area contributed by atoms with Crippen LogP contribution in [0.15, 0.2) is 102 Å². The third-order valence-corrected chi connectivity index (χ3v) is 15.8. The zero-order valence-corrected chi connectivity index (χ0v) is 47.3. The van der Waals surface area contributed by atoms with Gasteiger partial charge in [-0.05, 0) is 193 Å². The number of nitrogens with zero attached hydrogens (tertiary/aromatic N) is 6. The summed E-state index contributed by atoms with van der Waals surface area (Å²) in [6.07, 6.45) is 10.5. The first-order chi connectivity index (χ1) is 34.0. The molecule has 1 unspecified atom stereocenters. The minimum absolute atomic E-state index is 0. The Bertz CT molecular complexity index is 2500. The average molecular weight is 1140 g/mol. The number of likely N-dealkylation sites (tertiary alicyclic amines) is 2. The van der Waals surface area contributed by atoms with E-state index in [0.29, 0.717) is 46.8 Å². The van der Waals surface area contributed by atoms with Crippen molar-refractivity contribution in [3.8, 4) is 0 Å². The van der Waals surface area contributed by atoms with Gasteiger partial charge in [0.05, 0.1) is 5.33 Å². The normalized spacial score (nSPS) is 16.8. The fraction of sp³-hybridized carbons (Fsp3) is 0.404. The number of aliphatic imine (C=N–C) groups is 1. The van der Waals surface area contributed by atoms with Crippen molar-refractivity contribution in [1.29, 1.82) is 0 Å². The highest BCUT2D eigenvalue weighted by atomic mass is 79.9. The number of carbonyl (C=O) groups excluding carboxylic acids is 2. The first kappa shape index (κ1) is 56.5. The number of thioether (sulfide) groups is 1. The van der Waals surface area contributed by atoms with E-state index in [1.54, 1.807) is 48.5 Å². The number of thiocarbonyl (C=S) groups is 1. The fourth-order valence-electron chi connectivity index (χ4n) is 9.25. The second-order valence-corrected chi connectivity index (χ2v) is 21.7. The molecular weight excluding hydrogens is 1070 g/mol. The molecule has 4 saturated heterocycles. The first-order valence-electron chi connectivity index (χ1n) is 24.1. The summed E-state index contributed by atoms with van der Waals surface area (Å²) in [7, 11) is 0. The number of alkyl halides is 1. The highest BCUT2D eigenvalue weighted by molar-refractivity contribution is 9.09. The van der Waals surface area contributed by atoms with E-state index in [4.69, 9.17) is 46.9 Å². The maximum absolute atomic E-state index is 12.8. The van der Waals surface area contributed by atoms with Gasteiger partial charge < -0.3 is 41.7 Å². The summed E-state index contributed by atoms with van der Waals surface area (Å²) in [5.41, 5.74) is 17.5. The molecule has 19 heteroatoms. The number of nitrogen functional groups attached to an aromatic ring is 1. The number of anilines is 6. The second-order valence-electron chi connectivity index (χ2n) is 17.6. The van der Waals surface area contributed by atoms with Crippen molar-refractivity contribution < 1.29 is 9.59 Å². The van der Waals surface area contributed by atoms with Gasteiger partial charge in [0.1, 0.15) is 10.7 Å². The Hall–Kier alpha value is -3.83. The van der Waals surface area contributed by atoms with Crippen LogP contribution < -0.4 is 31.9 Å². The number of thiazole rings is 1. The number of piperidine rings is 2. The van der Waals surface area contributed by atoms with Crippen LogP contribution in [0.3, 0.4) is 0 Å². The molecule has 5 heterocycles. The van der Waals surface area contributed by atoms with Crippen LogP contribution in [0, 0.1) is 0 Å². The van der Waals surface area contributed by atoms with E-state index in [0.717, 1.165) is 55.4 Å². The van der Waals surface area contributed by atoms with Crippen molar-refractivity contribution in [2.24, 2.45) is 10.7 Å². The number of hydrogen-bond acceptors (Lipinski definition) is 12. The lowest BCUT2D eigenvalue weighted by molar-refractivity contribution is 0.102. The molecule has 0 bridgehead atoms. The summed E-state index contributed by atoms with van der Waals surface area (Å²) in [6.45, 7) is 11.7. The molecule has 0 amide bonds. The Labute approximate surface area is 454 Å². The van der Waals surface area contributed by atoms with Crippen molar-refractivity contribution in [2.75, 3.05) is 89.6 Å². The molecule has 1 atom stereocenters. The Morgan fingerprint density at radius 2 is 1.18 bits per heavy atom. The molecule has 4 aliphatic heterocycles. The van der Waals surface area contributed by atoms with E-state index >= 15 is 0 Å². The van der Waals surface area contributed by atoms with Gasteiger partial charge in [-0.2, -0.15) is 14.9 Å². The predicted octanol–water partition coefficient (Wildman–Crippen LogP) is 11.9. The summed E-state index contributed by atoms with van der Waals surface area (Å²) in [4.78, 5) is 43.1. The highest BCUT2D eigenvalue weighted by Crippen LogP contribution is 2.32. The van der Waals surface area contributed by atoms with E-state index in [9.17, 15) is 9.59 Å². The number of rotatable bonds is 12. The van der Waals surface area contributed by atoms with Gasteiger partial charge in [0, 0.05) is 82.2 Å². The molecule has 0 radical (unpaired) electrons. The smallest absolute Gasteiger partial charge is 0.206 e. The molecule has 0 spiro atoms. The fourth-order valence-corrected chi connectivity index (χ4v) is 11.4. The van der Waals surface area contributed by atoms with Gasteiger partial charge >= 0.3 is 0 Å². The number of ketones is 2. The number of benzene rings is 4. The van der Waals surface area contributed by atoms with E-state index in [1.807, 2.05) is 6.92 Å². The summed E-state index contributed by atoms with van der Waals surface area (Å²) in [6, 6.07) is 32.0. The van der Waals surface area contributed by atoms with Crippen LogP contribution in [0.25, 0.3) is 0 Å². The van der Waals surface area contributed by atoms with Gasteiger partial charge in [0.2, 0.25) is 5.78 Å². The Kier molecular flexibility index (Phi) is 22.7. The monoisotopic (exact) mass is 1140 g/mol. The molecule has 9 rings (SSSR count). The van der Waals surface area contributed by atoms with Gasteiger partial charge in [0.25, 0.3) is 0 Å². The minimum atomic E-state index is -0.151. The number of nitrogens with one attached hydrogen (secondary N) is 2. The van der Waals surface area contributed by atoms with Crippen molar-refractivity contribution >= 4 is 140 Å². The zero-order chi connectivity index (χ0) is 49.4. The summed E-state index contributed by atoms with van der Waals surface area (Å²) in [5, 5.41) is 9.52. The number of halogens is 3. The zero-order valence-electron chi connectivity index (χ0n) is 40.3. The van der Waals surface area contributed by atoms with Crippen LogP contribution >= 0.6 is 84.3 Å². The third-order valence-electron chi connectivity index (χ3n) is 13.0. The maximum Gasteiger partial charge on any atom is 0.206 e. The number of aromatic nitrogens is 1. The Morgan fingerprint density at radius 1 is 0.732 bits per heavy atom. The summed E-state index contributed by atoms with van der Waals surface area (Å²) in [5.74, 6) is 1.05. The summed E-state index contributed by atoms with van der Waals surface area (Å²) >= 11 is 22.6. The van der Waals surface area contributed by atoms with Gasteiger partial charge in [-0.25, -0.2) is 4.98 Å². The van der Waals surface area contributed by atoms with Crippen LogP contribution in [0.5, 0.6) is 0 Å². The van der Waals surface area contributed by atoms with Gasteiger partial charge in [-0.3, -0.25) is 9.59 Å². The molecular formula is C52H66BrCl2N10O2PS3. The lowest BCUT2D eigenvalue weighted by Crippen LogP contribution is -2.43. The molecule has 4 aliphatic rings. The molecule has 0 aliphatic carbocycles. The number of Topliss-reactive ketones (excluding diaryl/α,β-unsaturated/α-hetero) is 1. The highest BCUT2D eigenvalue weighted by Gasteiger charge is 2.28. The van der Waals surface area contributed by atoms with E-state index in [1.165, 1.54) is 112 Å². The van der Waals surface area contributed by atoms with Crippen LogP contribution in [0.4, 0.5) is 33.7 Å². The predicted molar refractivity (Wildman–Crippen MR) is 316 cm³/mol. The van der Waals surface area contributed by atoms with Crippen molar-refractivity contribution in [3.05, 3.63) is 123 Å². The number of nitrogens with two attached hydrogens (primary N) is 2. The lowest BCUT2D eigenvalue weighted by Gasteiger charge is -2.37. The molecule has 6 N–H and O–H groups in total. The van der Waals surface area contributed by atoms with Gasteiger partial charge in [0.15, 0.2) is 21.2 Å². The van der Waals surface area contributed by atoms with Crippen LogP contribution in [-0.4, -0.2) is 112 Å². The Morgan fingerprint density at radius 3 is 1.63 bits per heavy atom. The van der Waals surface area contributed by atoms with Crippen LogP contribution in [0.2, 0.25) is 10.0 Å². The lowest BCUT2D eigenvalue weighted by atomic mass is 10.0. The molecule has 12 nitrogen and oxygen atoms in total. The van der Waals surface area contributed by atoms with E-state index in [2.05, 4.69) is 105 Å². The second kappa shape index (κ2) is 28.6. The quantitative estimate of drug-likeness (QED) is 0.0235. The Balaban J connectivity index is 0.000000193. The maximum atomic E-state index is 12.8. The SMILES string of the molecule is CCSC(N)=NC(=S)Nc1ccc(N2CCC(N3CCCC3)CC2)cc1.Nc1nc(Nc2ccc(N3CCC(N4CCCC4)CC3)cc2)sc1C(=O)c1ccc(Cl)cc1.O=C(CBr)c1ccc(Cl)cc1.P. The largest absolute Gasteiger partial charge is 0.382 e. The van der Waals surface area contributed by atoms with Crippen molar-refractivity contribution in [3.63, 3.8) is 0 Å². The standard InChI is InChI=1S/C25H28ClN5OS.C19H29N5S2.C8H6BrClO.H3P/c26-18-5-3-17(4-6-18)22(32)23-24(27)29-25(33-23)28-19-7-9-20(10-8-19)31-15-11-21(12-16-31)30-13-1-2-14-30;1-2-26-18(20)22-19(25)21-15-5-7-16(8-6-15)24-13-9-17(10-14-24)23-11-3-4-12-23;9-5-8(11)6-1-3-7(10)4-2-6;/h3-10,21H,1-2,11-16,27H2,(H,28,29);5-8,17H,2-4,9-14H2,1H3,(H3,20,21,22,25);1-4H,5H2;1H3. The topological polar surface area (TPSA) is 148 Å². The van der Waals surface area contributed by atoms with Crippen LogP contribution in [0.1, 0.15) is 83.9 Å². The van der Waals surface area contributed by atoms with Crippen molar-refractivity contribution in [1.82, 2.24) is 14.8 Å². The molecule has 5 aromatic rings. The molecule has 4 aromatic carbocycles. The summed E-state index contributed by atoms with van der Waals surface area (Å²) < 4.78 is 0.